The Balaban J connectivity index is 1.27. The lowest BCUT2D eigenvalue weighted by Gasteiger charge is -2.24. The number of thiophene rings is 1. The second kappa shape index (κ2) is 9.90. The highest BCUT2D eigenvalue weighted by atomic mass is 32.1. The van der Waals surface area contributed by atoms with Crippen molar-refractivity contribution in [2.75, 3.05) is 23.4 Å². The van der Waals surface area contributed by atoms with Gasteiger partial charge < -0.3 is 9.80 Å². The van der Waals surface area contributed by atoms with Gasteiger partial charge in [-0.3, -0.25) is 14.6 Å². The summed E-state index contributed by atoms with van der Waals surface area (Å²) in [7, 11) is 1.95. The molecule has 7 heteroatoms. The van der Waals surface area contributed by atoms with E-state index in [1.165, 1.54) is 12.8 Å². The molecule has 1 aliphatic carbocycles. The van der Waals surface area contributed by atoms with Crippen LogP contribution in [0, 0.1) is 5.92 Å². The Labute approximate surface area is 220 Å². The predicted octanol–water partition coefficient (Wildman–Crippen LogP) is 6.03. The quantitative estimate of drug-likeness (QED) is 0.285. The van der Waals surface area contributed by atoms with Crippen molar-refractivity contribution in [1.29, 1.82) is 0 Å². The Hall–Kier alpha value is -3.84. The summed E-state index contributed by atoms with van der Waals surface area (Å²) in [5, 5.41) is 0. The molecule has 186 valence electrons. The Morgan fingerprint density at radius 2 is 1.89 bits per heavy atom. The van der Waals surface area contributed by atoms with Gasteiger partial charge in [0.05, 0.1) is 22.8 Å². The van der Waals surface area contributed by atoms with Gasteiger partial charge >= 0.3 is 0 Å². The normalized spacial score (nSPS) is 14.5. The number of hydrogen-bond donors (Lipinski definition) is 0. The maximum atomic E-state index is 13.8. The van der Waals surface area contributed by atoms with E-state index < -0.39 is 0 Å². The van der Waals surface area contributed by atoms with Crippen molar-refractivity contribution in [2.45, 2.75) is 32.2 Å². The van der Waals surface area contributed by atoms with Crippen LogP contribution in [0.5, 0.6) is 0 Å². The highest BCUT2D eigenvalue weighted by molar-refractivity contribution is 7.17. The zero-order valence-corrected chi connectivity index (χ0v) is 21.6. The fourth-order valence-electron chi connectivity index (χ4n) is 4.84. The Kier molecular flexibility index (Phi) is 6.30. The van der Waals surface area contributed by atoms with Crippen LogP contribution in [0.4, 0.5) is 11.5 Å². The zero-order chi connectivity index (χ0) is 25.4. The topological polar surface area (TPSA) is 66.4 Å². The van der Waals surface area contributed by atoms with Gasteiger partial charge in [0.25, 0.3) is 5.91 Å². The summed E-state index contributed by atoms with van der Waals surface area (Å²) in [6.07, 6.45) is 5.47. The molecular weight excluding hydrogens is 480 g/mol. The maximum absolute atomic E-state index is 13.8. The van der Waals surface area contributed by atoms with E-state index in [1.54, 1.807) is 23.6 Å². The molecule has 2 aliphatic rings. The van der Waals surface area contributed by atoms with Crippen LogP contribution in [-0.2, 0) is 13.0 Å². The first-order valence-corrected chi connectivity index (χ1v) is 13.5. The van der Waals surface area contributed by atoms with Gasteiger partial charge in [0.15, 0.2) is 5.78 Å². The zero-order valence-electron chi connectivity index (χ0n) is 20.8. The standard InChI is InChI=1S/C30H28N4O2S/c1-33(19-22-7-4-5-15-31-22)28-11-6-9-24(32-28)30(36)34-16-14-21-18-27(26(35)17-20-12-13-20)37-29(21)23-8-2-3-10-25(23)34/h2-11,15,18,20H,12-14,16-17,19H2,1H3. The van der Waals surface area contributed by atoms with Crippen LogP contribution in [0.1, 0.15) is 50.7 Å². The number of carbonyl (C=O) groups is 2. The molecule has 0 spiro atoms. The summed E-state index contributed by atoms with van der Waals surface area (Å²) in [4.78, 5) is 41.5. The van der Waals surface area contributed by atoms with E-state index in [4.69, 9.17) is 4.98 Å². The first-order valence-electron chi connectivity index (χ1n) is 12.7. The molecule has 3 aromatic heterocycles. The van der Waals surface area contributed by atoms with Gasteiger partial charge in [0.2, 0.25) is 0 Å². The lowest BCUT2D eigenvalue weighted by molar-refractivity contribution is 0.0972. The van der Waals surface area contributed by atoms with Crippen molar-refractivity contribution in [2.24, 2.45) is 5.92 Å². The number of hydrogen-bond acceptors (Lipinski definition) is 6. The third-order valence-electron chi connectivity index (χ3n) is 7.01. The molecule has 1 saturated carbocycles. The first-order chi connectivity index (χ1) is 18.1. The molecule has 4 aromatic rings. The van der Waals surface area contributed by atoms with E-state index in [0.717, 1.165) is 38.1 Å². The molecular formula is C30H28N4O2S. The molecule has 0 saturated heterocycles. The number of rotatable bonds is 7. The van der Waals surface area contributed by atoms with Gasteiger partial charge in [0, 0.05) is 36.7 Å². The first kappa shape index (κ1) is 23.6. The summed E-state index contributed by atoms with van der Waals surface area (Å²) in [5.41, 5.74) is 4.35. The Bertz CT molecular complexity index is 1460. The molecule has 1 amide bonds. The average Bonchev–Trinajstić information content (AvgIpc) is 3.67. The molecule has 37 heavy (non-hydrogen) atoms. The fraction of sp³-hybridized carbons (Fsp3) is 0.267. The number of ketones is 1. The van der Waals surface area contributed by atoms with Crippen molar-refractivity contribution in [3.05, 3.63) is 94.8 Å². The van der Waals surface area contributed by atoms with Gasteiger partial charge in [-0.2, -0.15) is 0 Å². The molecule has 4 heterocycles. The summed E-state index contributed by atoms with van der Waals surface area (Å²) in [5.74, 6) is 1.42. The highest BCUT2D eigenvalue weighted by Gasteiger charge is 2.30. The number of carbonyl (C=O) groups excluding carboxylic acids is 2. The predicted molar refractivity (Wildman–Crippen MR) is 147 cm³/mol. The number of para-hydroxylation sites is 1. The number of fused-ring (bicyclic) bond motifs is 3. The van der Waals surface area contributed by atoms with E-state index in [9.17, 15) is 9.59 Å². The molecule has 0 bridgehead atoms. The third-order valence-corrected chi connectivity index (χ3v) is 8.27. The SMILES string of the molecule is CN(Cc1ccccn1)c1cccc(C(=O)N2CCc3cc(C(=O)CC4CC4)sc3-c3ccccc32)n1. The molecule has 0 radical (unpaired) electrons. The van der Waals surface area contributed by atoms with Crippen LogP contribution in [-0.4, -0.2) is 35.3 Å². The van der Waals surface area contributed by atoms with Crippen LogP contribution >= 0.6 is 11.3 Å². The monoisotopic (exact) mass is 508 g/mol. The Morgan fingerprint density at radius 3 is 2.70 bits per heavy atom. The van der Waals surface area contributed by atoms with Crippen LogP contribution < -0.4 is 9.80 Å². The average molecular weight is 509 g/mol. The number of benzene rings is 1. The lowest BCUT2D eigenvalue weighted by Crippen LogP contribution is -2.33. The minimum absolute atomic E-state index is 0.124. The van der Waals surface area contributed by atoms with Crippen LogP contribution in [0.3, 0.4) is 0 Å². The number of nitrogens with zero attached hydrogens (tertiary/aromatic N) is 4. The minimum Gasteiger partial charge on any atom is -0.354 e. The third kappa shape index (κ3) is 4.91. The molecule has 6 nitrogen and oxygen atoms in total. The molecule has 1 aromatic carbocycles. The van der Waals surface area contributed by atoms with Crippen molar-refractivity contribution >= 4 is 34.5 Å². The summed E-state index contributed by atoms with van der Waals surface area (Å²) in [6.45, 7) is 1.13. The lowest BCUT2D eigenvalue weighted by atomic mass is 10.1. The molecule has 0 unspecified atom stereocenters. The molecule has 1 aliphatic heterocycles. The van der Waals surface area contributed by atoms with Crippen LogP contribution in [0.2, 0.25) is 0 Å². The van der Waals surface area contributed by atoms with Crippen LogP contribution in [0.25, 0.3) is 10.4 Å². The van der Waals surface area contributed by atoms with E-state index in [2.05, 4.69) is 17.1 Å². The minimum atomic E-state index is -0.124. The van der Waals surface area contributed by atoms with Gasteiger partial charge in [-0.05, 0) is 67.1 Å². The summed E-state index contributed by atoms with van der Waals surface area (Å²) in [6, 6.07) is 21.5. The van der Waals surface area contributed by atoms with Gasteiger partial charge in [-0.25, -0.2) is 4.98 Å². The fourth-order valence-corrected chi connectivity index (χ4v) is 6.03. The second-order valence-corrected chi connectivity index (χ2v) is 10.9. The van der Waals surface area contributed by atoms with Crippen molar-refractivity contribution in [3.8, 4) is 10.4 Å². The molecule has 0 N–H and O–H groups in total. The molecule has 1 fully saturated rings. The summed E-state index contributed by atoms with van der Waals surface area (Å²) >= 11 is 1.57. The molecule has 0 atom stereocenters. The van der Waals surface area contributed by atoms with E-state index in [1.807, 2.05) is 65.4 Å². The van der Waals surface area contributed by atoms with Gasteiger partial charge in [-0.15, -0.1) is 11.3 Å². The largest absolute Gasteiger partial charge is 0.354 e. The highest BCUT2D eigenvalue weighted by Crippen LogP contribution is 2.43. The van der Waals surface area contributed by atoms with Crippen molar-refractivity contribution < 1.29 is 9.59 Å². The van der Waals surface area contributed by atoms with Crippen molar-refractivity contribution in [3.63, 3.8) is 0 Å². The van der Waals surface area contributed by atoms with Crippen LogP contribution in [0.15, 0.2) is 72.9 Å². The van der Waals surface area contributed by atoms with E-state index in [0.29, 0.717) is 37.5 Å². The van der Waals surface area contributed by atoms with Crippen molar-refractivity contribution in [1.82, 2.24) is 9.97 Å². The number of Topliss-reactive ketones (excluding diaryl/α,β-unsaturated/α-hetero) is 1. The summed E-state index contributed by atoms with van der Waals surface area (Å²) < 4.78 is 0. The number of aromatic nitrogens is 2. The second-order valence-electron chi connectivity index (χ2n) is 9.82. The smallest absolute Gasteiger partial charge is 0.276 e. The number of pyridine rings is 2. The number of anilines is 2. The molecule has 6 rings (SSSR count). The number of amides is 1. The Morgan fingerprint density at radius 1 is 1.05 bits per heavy atom. The van der Waals surface area contributed by atoms with Gasteiger partial charge in [0.1, 0.15) is 11.5 Å². The van der Waals surface area contributed by atoms with E-state index in [-0.39, 0.29) is 11.7 Å². The van der Waals surface area contributed by atoms with Gasteiger partial charge in [-0.1, -0.05) is 30.3 Å². The maximum Gasteiger partial charge on any atom is 0.276 e. The van der Waals surface area contributed by atoms with E-state index >= 15 is 0 Å².